The van der Waals surface area contributed by atoms with Gasteiger partial charge in [0.05, 0.1) is 6.04 Å². The number of amides is 2. The van der Waals surface area contributed by atoms with Crippen molar-refractivity contribution in [1.29, 1.82) is 0 Å². The molecule has 0 spiro atoms. The summed E-state index contributed by atoms with van der Waals surface area (Å²) in [5, 5.41) is 2.09. The molecule has 0 radical (unpaired) electrons. The van der Waals surface area contributed by atoms with Crippen molar-refractivity contribution in [3.8, 4) is 5.75 Å². The van der Waals surface area contributed by atoms with Crippen LogP contribution in [-0.2, 0) is 16.0 Å². The maximum atomic E-state index is 13.5. The van der Waals surface area contributed by atoms with Crippen molar-refractivity contribution in [3.05, 3.63) is 51.2 Å². The number of hydrogen-bond donors (Lipinski definition) is 0. The van der Waals surface area contributed by atoms with E-state index in [0.29, 0.717) is 13.2 Å². The molecule has 1 aliphatic rings. The zero-order chi connectivity index (χ0) is 23.6. The standard InChI is InChI=1S/C26H36N2O3S/c1-17(2)25(30)28(26(5,6)7)15-24(29)27-12-10-23-20(11-13-32-23)21(27)16-31-22-9-8-18(3)14-19(22)4/h8-9,11,13-14,17,21H,10,12,15-16H2,1-7H3/t21-/m0/s1. The first kappa shape index (κ1) is 24.3. The van der Waals surface area contributed by atoms with E-state index in [4.69, 9.17) is 4.74 Å². The van der Waals surface area contributed by atoms with Crippen LogP contribution in [0.1, 0.15) is 62.2 Å². The van der Waals surface area contributed by atoms with Crippen LogP contribution in [-0.4, -0.2) is 46.8 Å². The summed E-state index contributed by atoms with van der Waals surface area (Å²) in [5.74, 6) is 0.661. The van der Waals surface area contributed by atoms with Crippen molar-refractivity contribution < 1.29 is 14.3 Å². The highest BCUT2D eigenvalue weighted by Gasteiger charge is 2.36. The van der Waals surface area contributed by atoms with E-state index in [9.17, 15) is 9.59 Å². The van der Waals surface area contributed by atoms with E-state index in [1.165, 1.54) is 10.4 Å². The van der Waals surface area contributed by atoms with E-state index >= 15 is 0 Å². The van der Waals surface area contributed by atoms with E-state index in [-0.39, 0.29) is 30.3 Å². The lowest BCUT2D eigenvalue weighted by Gasteiger charge is -2.40. The summed E-state index contributed by atoms with van der Waals surface area (Å²) < 4.78 is 6.23. The third-order valence-electron chi connectivity index (χ3n) is 6.01. The number of rotatable bonds is 6. The van der Waals surface area contributed by atoms with Crippen LogP contribution < -0.4 is 4.74 Å². The zero-order valence-corrected chi connectivity index (χ0v) is 21.2. The molecule has 1 aliphatic heterocycles. The Morgan fingerprint density at radius 1 is 1.22 bits per heavy atom. The van der Waals surface area contributed by atoms with Crippen LogP contribution in [0.25, 0.3) is 0 Å². The van der Waals surface area contributed by atoms with Gasteiger partial charge in [-0.25, -0.2) is 0 Å². The maximum absolute atomic E-state index is 13.5. The fourth-order valence-electron chi connectivity index (χ4n) is 4.19. The SMILES string of the molecule is Cc1ccc(OC[C@H]2c3ccsc3CCN2C(=O)CN(C(=O)C(C)C)C(C)(C)C)c(C)c1. The van der Waals surface area contributed by atoms with E-state index < -0.39 is 5.54 Å². The van der Waals surface area contributed by atoms with Crippen LogP contribution >= 0.6 is 11.3 Å². The minimum absolute atomic E-state index is 0.00200. The van der Waals surface area contributed by atoms with Crippen LogP contribution in [0.4, 0.5) is 0 Å². The van der Waals surface area contributed by atoms with Gasteiger partial charge in [0.2, 0.25) is 11.8 Å². The van der Waals surface area contributed by atoms with Gasteiger partial charge in [0.1, 0.15) is 18.9 Å². The molecule has 0 saturated heterocycles. The van der Waals surface area contributed by atoms with Gasteiger partial charge in [-0.3, -0.25) is 9.59 Å². The lowest BCUT2D eigenvalue weighted by Crippen LogP contribution is -2.54. The van der Waals surface area contributed by atoms with Gasteiger partial charge in [0.15, 0.2) is 0 Å². The lowest BCUT2D eigenvalue weighted by atomic mass is 9.99. The first-order valence-corrected chi connectivity index (χ1v) is 12.2. The van der Waals surface area contributed by atoms with Gasteiger partial charge in [0.25, 0.3) is 0 Å². The van der Waals surface area contributed by atoms with Crippen LogP contribution in [0, 0.1) is 19.8 Å². The third-order valence-corrected chi connectivity index (χ3v) is 7.00. The van der Waals surface area contributed by atoms with Gasteiger partial charge >= 0.3 is 0 Å². The molecule has 1 aromatic carbocycles. The smallest absolute Gasteiger partial charge is 0.242 e. The minimum Gasteiger partial charge on any atom is -0.491 e. The number of carbonyl (C=O) groups excluding carboxylic acids is 2. The monoisotopic (exact) mass is 456 g/mol. The molecule has 2 heterocycles. The first-order valence-electron chi connectivity index (χ1n) is 11.4. The minimum atomic E-state index is -0.425. The summed E-state index contributed by atoms with van der Waals surface area (Å²) in [6, 6.07) is 8.09. The second-order valence-electron chi connectivity index (χ2n) is 9.98. The van der Waals surface area contributed by atoms with Crippen molar-refractivity contribution in [2.45, 2.75) is 66.5 Å². The number of nitrogens with zero attached hydrogens (tertiary/aromatic N) is 2. The second-order valence-corrected chi connectivity index (χ2v) is 11.0. The summed E-state index contributed by atoms with van der Waals surface area (Å²) in [6.07, 6.45) is 0.840. The van der Waals surface area contributed by atoms with Crippen molar-refractivity contribution in [3.63, 3.8) is 0 Å². The van der Waals surface area contributed by atoms with E-state index in [1.807, 2.05) is 58.6 Å². The van der Waals surface area contributed by atoms with Crippen molar-refractivity contribution in [2.24, 2.45) is 5.92 Å². The number of hydrogen-bond acceptors (Lipinski definition) is 4. The van der Waals surface area contributed by atoms with Crippen molar-refractivity contribution in [2.75, 3.05) is 19.7 Å². The van der Waals surface area contributed by atoms with E-state index in [2.05, 4.69) is 24.4 Å². The molecule has 0 unspecified atom stereocenters. The zero-order valence-electron chi connectivity index (χ0n) is 20.4. The fraction of sp³-hybridized carbons (Fsp3) is 0.538. The van der Waals surface area contributed by atoms with Crippen LogP contribution in [0.15, 0.2) is 29.6 Å². The van der Waals surface area contributed by atoms with Gasteiger partial charge in [0, 0.05) is 22.9 Å². The molecule has 5 nitrogen and oxygen atoms in total. The molecule has 0 saturated carbocycles. The Morgan fingerprint density at radius 2 is 1.94 bits per heavy atom. The number of fused-ring (bicyclic) bond motifs is 1. The highest BCUT2D eigenvalue weighted by atomic mass is 32.1. The van der Waals surface area contributed by atoms with Crippen LogP contribution in [0.5, 0.6) is 5.75 Å². The molecule has 1 aromatic heterocycles. The van der Waals surface area contributed by atoms with Gasteiger partial charge in [-0.2, -0.15) is 0 Å². The molecule has 174 valence electrons. The molecule has 1 atom stereocenters. The number of benzene rings is 1. The molecule has 0 fully saturated rings. The highest BCUT2D eigenvalue weighted by molar-refractivity contribution is 7.10. The second kappa shape index (κ2) is 9.65. The topological polar surface area (TPSA) is 49.9 Å². The Balaban J connectivity index is 1.83. The summed E-state index contributed by atoms with van der Waals surface area (Å²) in [4.78, 5) is 31.3. The Kier molecular flexibility index (Phi) is 7.33. The van der Waals surface area contributed by atoms with Crippen molar-refractivity contribution in [1.82, 2.24) is 9.80 Å². The van der Waals surface area contributed by atoms with E-state index in [0.717, 1.165) is 23.3 Å². The molecule has 0 aliphatic carbocycles. The largest absolute Gasteiger partial charge is 0.491 e. The van der Waals surface area contributed by atoms with Gasteiger partial charge in [-0.05, 0) is 69.7 Å². The number of aryl methyl sites for hydroxylation is 2. The summed E-state index contributed by atoms with van der Waals surface area (Å²) in [6.45, 7) is 14.9. The Hall–Kier alpha value is -2.34. The van der Waals surface area contributed by atoms with Crippen LogP contribution in [0.2, 0.25) is 0 Å². The Labute approximate surface area is 196 Å². The Morgan fingerprint density at radius 3 is 2.56 bits per heavy atom. The molecule has 0 bridgehead atoms. The van der Waals surface area contributed by atoms with Gasteiger partial charge < -0.3 is 14.5 Å². The van der Waals surface area contributed by atoms with Gasteiger partial charge in [-0.1, -0.05) is 31.5 Å². The van der Waals surface area contributed by atoms with E-state index in [1.54, 1.807) is 16.2 Å². The highest BCUT2D eigenvalue weighted by Crippen LogP contribution is 2.34. The van der Waals surface area contributed by atoms with Crippen molar-refractivity contribution >= 4 is 23.2 Å². The predicted molar refractivity (Wildman–Crippen MR) is 130 cm³/mol. The molecular formula is C26H36N2O3S. The van der Waals surface area contributed by atoms with Gasteiger partial charge in [-0.15, -0.1) is 11.3 Å². The maximum Gasteiger partial charge on any atom is 0.242 e. The molecule has 2 amide bonds. The summed E-state index contributed by atoms with van der Waals surface area (Å²) in [7, 11) is 0. The lowest BCUT2D eigenvalue weighted by molar-refractivity contribution is -0.148. The van der Waals surface area contributed by atoms with Crippen LogP contribution in [0.3, 0.4) is 0 Å². The summed E-state index contributed by atoms with van der Waals surface area (Å²) >= 11 is 1.74. The first-order chi connectivity index (χ1) is 15.0. The molecular weight excluding hydrogens is 420 g/mol. The molecule has 3 rings (SSSR count). The quantitative estimate of drug-likeness (QED) is 0.604. The number of thiophene rings is 1. The average Bonchev–Trinajstić information content (AvgIpc) is 3.18. The fourth-order valence-corrected chi connectivity index (χ4v) is 5.12. The number of carbonyl (C=O) groups is 2. The molecule has 2 aromatic rings. The molecule has 0 N–H and O–H groups in total. The predicted octanol–water partition coefficient (Wildman–Crippen LogP) is 5.15. The normalized spacial score (nSPS) is 16.1. The molecule has 32 heavy (non-hydrogen) atoms. The number of ether oxygens (including phenoxy) is 1. The Bertz CT molecular complexity index is 974. The average molecular weight is 457 g/mol. The third kappa shape index (κ3) is 5.34. The summed E-state index contributed by atoms with van der Waals surface area (Å²) in [5.41, 5.74) is 3.02. The molecule has 6 heteroatoms.